The Balaban J connectivity index is 1.55. The molecule has 108 valence electrons. The van der Waals surface area contributed by atoms with Gasteiger partial charge in [0.25, 0.3) is 0 Å². The summed E-state index contributed by atoms with van der Waals surface area (Å²) >= 11 is 0. The number of carbonyl (C=O) groups excluding carboxylic acids is 1. The molecule has 3 nitrogen and oxygen atoms in total. The van der Waals surface area contributed by atoms with Gasteiger partial charge in [-0.2, -0.15) is 0 Å². The quantitative estimate of drug-likeness (QED) is 0.862. The van der Waals surface area contributed by atoms with Crippen molar-refractivity contribution in [2.75, 3.05) is 5.32 Å². The molecule has 3 rings (SSSR count). The van der Waals surface area contributed by atoms with Gasteiger partial charge in [0, 0.05) is 24.2 Å². The van der Waals surface area contributed by atoms with E-state index in [1.54, 1.807) is 0 Å². The summed E-state index contributed by atoms with van der Waals surface area (Å²) < 4.78 is 0. The van der Waals surface area contributed by atoms with Gasteiger partial charge in [-0.25, -0.2) is 0 Å². The highest BCUT2D eigenvalue weighted by molar-refractivity contribution is 5.92. The van der Waals surface area contributed by atoms with Crippen molar-refractivity contribution >= 4 is 11.6 Å². The molecule has 2 fully saturated rings. The van der Waals surface area contributed by atoms with Gasteiger partial charge >= 0.3 is 0 Å². The first-order valence-electron chi connectivity index (χ1n) is 7.94. The van der Waals surface area contributed by atoms with Gasteiger partial charge in [-0.3, -0.25) is 4.79 Å². The van der Waals surface area contributed by atoms with Crippen molar-refractivity contribution in [1.29, 1.82) is 0 Å². The van der Waals surface area contributed by atoms with Crippen LogP contribution in [-0.4, -0.2) is 11.9 Å². The Kier molecular flexibility index (Phi) is 4.36. The lowest BCUT2D eigenvalue weighted by Crippen LogP contribution is -2.24. The molecule has 0 radical (unpaired) electrons. The predicted octanol–water partition coefficient (Wildman–Crippen LogP) is 3.46. The van der Waals surface area contributed by atoms with E-state index in [1.165, 1.54) is 37.7 Å². The number of benzene rings is 1. The first kappa shape index (κ1) is 13.6. The van der Waals surface area contributed by atoms with Crippen LogP contribution in [0.4, 0.5) is 5.69 Å². The molecule has 1 aromatic carbocycles. The van der Waals surface area contributed by atoms with Crippen LogP contribution in [0.15, 0.2) is 24.3 Å². The molecule has 1 aromatic rings. The summed E-state index contributed by atoms with van der Waals surface area (Å²) in [7, 11) is 0. The van der Waals surface area contributed by atoms with Crippen LogP contribution in [-0.2, 0) is 11.3 Å². The molecule has 0 unspecified atom stereocenters. The summed E-state index contributed by atoms with van der Waals surface area (Å²) in [5.41, 5.74) is 2.19. The van der Waals surface area contributed by atoms with Crippen LogP contribution < -0.4 is 10.6 Å². The molecular weight excluding hydrogens is 248 g/mol. The topological polar surface area (TPSA) is 41.1 Å². The Bertz CT molecular complexity index is 462. The third-order valence-electron chi connectivity index (χ3n) is 4.34. The monoisotopic (exact) mass is 272 g/mol. The lowest BCUT2D eigenvalue weighted by Gasteiger charge is -2.20. The zero-order valence-electron chi connectivity index (χ0n) is 12.0. The molecule has 0 bridgehead atoms. The van der Waals surface area contributed by atoms with E-state index in [0.717, 1.165) is 31.1 Å². The molecule has 0 spiro atoms. The first-order valence-corrected chi connectivity index (χ1v) is 7.94. The van der Waals surface area contributed by atoms with Crippen molar-refractivity contribution in [3.63, 3.8) is 0 Å². The maximum Gasteiger partial charge on any atom is 0.227 e. The standard InChI is InChI=1S/C17H24N2O/c20-17(14-6-2-1-3-7-14)19-16-8-4-5-13(11-16)12-18-15-9-10-15/h4-5,8,11,14-15,18H,1-3,6-7,9-10,12H2,(H,19,20). The Morgan fingerprint density at radius 2 is 1.90 bits per heavy atom. The molecule has 0 aromatic heterocycles. The summed E-state index contributed by atoms with van der Waals surface area (Å²) in [5, 5.41) is 6.59. The van der Waals surface area contributed by atoms with E-state index in [0.29, 0.717) is 0 Å². The minimum atomic E-state index is 0.206. The average molecular weight is 272 g/mol. The van der Waals surface area contributed by atoms with E-state index in [4.69, 9.17) is 0 Å². The number of rotatable bonds is 5. The fraction of sp³-hybridized carbons (Fsp3) is 0.588. The molecule has 2 saturated carbocycles. The summed E-state index contributed by atoms with van der Waals surface area (Å²) in [6.45, 7) is 0.901. The fourth-order valence-corrected chi connectivity index (χ4v) is 2.92. The zero-order chi connectivity index (χ0) is 13.8. The van der Waals surface area contributed by atoms with Crippen molar-refractivity contribution in [3.8, 4) is 0 Å². The van der Waals surface area contributed by atoms with E-state index in [1.807, 2.05) is 12.1 Å². The predicted molar refractivity (Wildman–Crippen MR) is 81.5 cm³/mol. The number of nitrogens with one attached hydrogen (secondary N) is 2. The highest BCUT2D eigenvalue weighted by Crippen LogP contribution is 2.25. The third-order valence-corrected chi connectivity index (χ3v) is 4.34. The first-order chi connectivity index (χ1) is 9.81. The third kappa shape index (κ3) is 3.83. The number of hydrogen-bond donors (Lipinski definition) is 2. The van der Waals surface area contributed by atoms with E-state index in [2.05, 4.69) is 22.8 Å². The number of hydrogen-bond acceptors (Lipinski definition) is 2. The Morgan fingerprint density at radius 1 is 1.10 bits per heavy atom. The highest BCUT2D eigenvalue weighted by atomic mass is 16.1. The molecule has 2 aliphatic carbocycles. The van der Waals surface area contributed by atoms with E-state index >= 15 is 0 Å². The normalized spacial score (nSPS) is 19.8. The average Bonchev–Trinajstić information content (AvgIpc) is 3.31. The maximum atomic E-state index is 12.2. The molecule has 2 aliphatic rings. The molecule has 20 heavy (non-hydrogen) atoms. The van der Waals surface area contributed by atoms with E-state index < -0.39 is 0 Å². The van der Waals surface area contributed by atoms with Gasteiger partial charge in [0.05, 0.1) is 0 Å². The molecule has 0 atom stereocenters. The number of amides is 1. The van der Waals surface area contributed by atoms with Gasteiger partial charge < -0.3 is 10.6 Å². The lowest BCUT2D eigenvalue weighted by atomic mass is 9.88. The lowest BCUT2D eigenvalue weighted by molar-refractivity contribution is -0.120. The van der Waals surface area contributed by atoms with Crippen LogP contribution in [0.3, 0.4) is 0 Å². The summed E-state index contributed by atoms with van der Waals surface area (Å²) in [5.74, 6) is 0.425. The second-order valence-corrected chi connectivity index (χ2v) is 6.18. The zero-order valence-corrected chi connectivity index (χ0v) is 12.0. The van der Waals surface area contributed by atoms with Crippen LogP contribution >= 0.6 is 0 Å². The number of anilines is 1. The van der Waals surface area contributed by atoms with Crippen LogP contribution in [0.1, 0.15) is 50.5 Å². The van der Waals surface area contributed by atoms with Crippen LogP contribution in [0.25, 0.3) is 0 Å². The van der Waals surface area contributed by atoms with Crippen LogP contribution in [0.2, 0.25) is 0 Å². The second kappa shape index (κ2) is 6.40. The van der Waals surface area contributed by atoms with Gasteiger partial charge in [0.15, 0.2) is 0 Å². The maximum absolute atomic E-state index is 12.2. The molecule has 3 heteroatoms. The van der Waals surface area contributed by atoms with E-state index in [9.17, 15) is 4.79 Å². The number of carbonyl (C=O) groups is 1. The van der Waals surface area contributed by atoms with Gasteiger partial charge in [-0.1, -0.05) is 31.4 Å². The fourth-order valence-electron chi connectivity index (χ4n) is 2.92. The van der Waals surface area contributed by atoms with Crippen LogP contribution in [0.5, 0.6) is 0 Å². The van der Waals surface area contributed by atoms with Crippen molar-refractivity contribution < 1.29 is 4.79 Å². The second-order valence-electron chi connectivity index (χ2n) is 6.18. The molecule has 2 N–H and O–H groups in total. The van der Waals surface area contributed by atoms with Gasteiger partial charge in [0.1, 0.15) is 0 Å². The smallest absolute Gasteiger partial charge is 0.227 e. The molecule has 0 saturated heterocycles. The Labute approximate surface area is 121 Å². The van der Waals surface area contributed by atoms with Crippen molar-refractivity contribution in [1.82, 2.24) is 5.32 Å². The summed E-state index contributed by atoms with van der Waals surface area (Å²) in [6, 6.07) is 8.94. The summed E-state index contributed by atoms with van der Waals surface area (Å²) in [4.78, 5) is 12.2. The van der Waals surface area contributed by atoms with Crippen molar-refractivity contribution in [2.24, 2.45) is 5.92 Å². The molecular formula is C17H24N2O. The van der Waals surface area contributed by atoms with Gasteiger partial charge in [-0.05, 0) is 43.4 Å². The largest absolute Gasteiger partial charge is 0.326 e. The van der Waals surface area contributed by atoms with Crippen molar-refractivity contribution in [3.05, 3.63) is 29.8 Å². The Hall–Kier alpha value is -1.35. The minimum absolute atomic E-state index is 0.206. The van der Waals surface area contributed by atoms with Crippen molar-refractivity contribution in [2.45, 2.75) is 57.5 Å². The Morgan fingerprint density at radius 3 is 2.65 bits per heavy atom. The summed E-state index contributed by atoms with van der Waals surface area (Å²) in [6.07, 6.45) is 8.39. The van der Waals surface area contributed by atoms with E-state index in [-0.39, 0.29) is 11.8 Å². The van der Waals surface area contributed by atoms with Crippen LogP contribution in [0, 0.1) is 5.92 Å². The SMILES string of the molecule is O=C(Nc1cccc(CNC2CC2)c1)C1CCCCC1. The molecule has 1 amide bonds. The minimum Gasteiger partial charge on any atom is -0.326 e. The molecule has 0 aliphatic heterocycles. The van der Waals surface area contributed by atoms with Gasteiger partial charge in [0.2, 0.25) is 5.91 Å². The highest BCUT2D eigenvalue weighted by Gasteiger charge is 2.21. The molecule has 0 heterocycles. The van der Waals surface area contributed by atoms with Gasteiger partial charge in [-0.15, -0.1) is 0 Å².